The van der Waals surface area contributed by atoms with Gasteiger partial charge < -0.3 is 14.7 Å². The fourth-order valence-electron chi connectivity index (χ4n) is 5.36. The van der Waals surface area contributed by atoms with Crippen LogP contribution in [0.25, 0.3) is 16.3 Å². The van der Waals surface area contributed by atoms with Crippen LogP contribution in [0.15, 0.2) is 60.8 Å². The molecular formula is C29H29ClN6O3S. The maximum atomic E-state index is 11.9. The van der Waals surface area contributed by atoms with E-state index >= 15 is 0 Å². The Kier molecular flexibility index (Phi) is 6.62. The van der Waals surface area contributed by atoms with Gasteiger partial charge in [0, 0.05) is 42.1 Å². The first-order chi connectivity index (χ1) is 19.1. The van der Waals surface area contributed by atoms with Crippen LogP contribution in [0.3, 0.4) is 0 Å². The van der Waals surface area contributed by atoms with Crippen LogP contribution in [-0.4, -0.2) is 55.0 Å². The lowest BCUT2D eigenvalue weighted by Crippen LogP contribution is -2.48. The number of aliphatic carboxylic acids is 1. The molecule has 1 fully saturated rings. The van der Waals surface area contributed by atoms with Crippen molar-refractivity contribution < 1.29 is 14.6 Å². The van der Waals surface area contributed by atoms with Crippen molar-refractivity contribution >= 4 is 39.6 Å². The van der Waals surface area contributed by atoms with Crippen LogP contribution in [0, 0.1) is 5.41 Å². The summed E-state index contributed by atoms with van der Waals surface area (Å²) >= 11 is 8.09. The summed E-state index contributed by atoms with van der Waals surface area (Å²) in [6.45, 7) is 7.02. The van der Waals surface area contributed by atoms with Gasteiger partial charge in [-0.15, -0.1) is 15.0 Å². The average molecular weight is 577 g/mol. The number of carboxylic acids is 1. The summed E-state index contributed by atoms with van der Waals surface area (Å²) in [5.74, 6) is 0.240. The lowest BCUT2D eigenvalue weighted by Gasteiger charge is -2.43. The number of hydrogen-bond donors (Lipinski definition) is 1. The Labute approximate surface area is 241 Å². The lowest BCUT2D eigenvalue weighted by molar-refractivity contribution is -0.145. The molecule has 0 aliphatic carbocycles. The van der Waals surface area contributed by atoms with E-state index in [0.717, 1.165) is 63.4 Å². The van der Waals surface area contributed by atoms with Crippen LogP contribution < -0.4 is 9.64 Å². The van der Waals surface area contributed by atoms with E-state index in [9.17, 15) is 9.90 Å². The van der Waals surface area contributed by atoms with Gasteiger partial charge in [-0.25, -0.2) is 9.78 Å². The number of thiazole rings is 1. The summed E-state index contributed by atoms with van der Waals surface area (Å²) in [5, 5.41) is 23.8. The largest absolute Gasteiger partial charge is 0.482 e. The number of tetrazole rings is 1. The third-order valence-electron chi connectivity index (χ3n) is 7.37. The maximum absolute atomic E-state index is 11.9. The molecule has 4 heterocycles. The predicted octanol–water partition coefficient (Wildman–Crippen LogP) is 5.99. The van der Waals surface area contributed by atoms with Gasteiger partial charge >= 0.3 is 5.97 Å². The highest BCUT2D eigenvalue weighted by atomic mass is 35.5. The summed E-state index contributed by atoms with van der Waals surface area (Å²) in [6, 6.07) is 15.1. The first-order valence-electron chi connectivity index (χ1n) is 13.1. The van der Waals surface area contributed by atoms with Gasteiger partial charge in [0.2, 0.25) is 5.82 Å². The minimum absolute atomic E-state index is 0.368. The number of carboxylic acid groups (broad SMARTS) is 1. The molecule has 4 aromatic rings. The van der Waals surface area contributed by atoms with Crippen LogP contribution in [0.5, 0.6) is 5.75 Å². The number of fused-ring (bicyclic) bond motifs is 1. The minimum Gasteiger partial charge on any atom is -0.482 e. The molecular weight excluding hydrogens is 548 g/mol. The number of nitrogens with zero attached hydrogens (tertiary/aromatic N) is 6. The fourth-order valence-corrected chi connectivity index (χ4v) is 6.49. The number of carbonyl (C=O) groups is 1. The number of aromatic nitrogens is 5. The zero-order valence-corrected chi connectivity index (χ0v) is 24.0. The third kappa shape index (κ3) is 4.86. The predicted molar refractivity (Wildman–Crippen MR) is 155 cm³/mol. The molecule has 1 spiro atoms. The lowest BCUT2D eigenvalue weighted by atomic mass is 9.83. The minimum atomic E-state index is -0.997. The quantitative estimate of drug-likeness (QED) is 0.309. The smallest absolute Gasteiger partial charge is 0.331 e. The third-order valence-corrected chi connectivity index (χ3v) is 8.75. The molecule has 206 valence electrons. The summed E-state index contributed by atoms with van der Waals surface area (Å²) in [4.78, 5) is 20.7. The van der Waals surface area contributed by atoms with E-state index in [0.29, 0.717) is 5.82 Å². The molecule has 0 radical (unpaired) electrons. The Morgan fingerprint density at radius 2 is 1.80 bits per heavy atom. The fraction of sp³-hybridized carbons (Fsp3) is 0.345. The molecule has 0 amide bonds. The van der Waals surface area contributed by atoms with E-state index in [2.05, 4.69) is 43.5 Å². The monoisotopic (exact) mass is 576 g/mol. The van der Waals surface area contributed by atoms with Crippen molar-refractivity contribution in [3.8, 4) is 16.5 Å². The number of rotatable bonds is 5. The van der Waals surface area contributed by atoms with Crippen LogP contribution in [0.2, 0.25) is 5.02 Å². The number of halogens is 1. The van der Waals surface area contributed by atoms with Gasteiger partial charge in [0.1, 0.15) is 11.4 Å². The van der Waals surface area contributed by atoms with Crippen LogP contribution in [0.1, 0.15) is 50.8 Å². The standard InChI is InChI=1S/C29H29ClN6O3S/c1-28(2,3)24(26(37)38)36-33-25(32-34-36)23-17-31-27(40-23)35-14-12-29(13-15-35)16-20(18-8-4-6-10-21(18)30)19-9-5-7-11-22(19)39-29/h4-11,16-17,24H,12-15H2,1-3H3,(H,37,38). The highest BCUT2D eigenvalue weighted by Crippen LogP contribution is 2.45. The molecule has 2 aliphatic rings. The summed E-state index contributed by atoms with van der Waals surface area (Å²) in [5.41, 5.74) is 2.13. The van der Waals surface area contributed by atoms with E-state index in [4.69, 9.17) is 16.3 Å². The van der Waals surface area contributed by atoms with Crippen molar-refractivity contribution in [2.24, 2.45) is 5.41 Å². The van der Waals surface area contributed by atoms with E-state index in [1.165, 1.54) is 16.1 Å². The SMILES string of the molecule is CC(C)(C)C(C(=O)O)n1nnc(-c2cnc(N3CCC4(C=C(c5ccccc5Cl)c5ccccc5O4)CC3)s2)n1. The zero-order valence-electron chi connectivity index (χ0n) is 22.4. The van der Waals surface area contributed by atoms with Gasteiger partial charge in [-0.2, -0.15) is 0 Å². The Morgan fingerprint density at radius 3 is 2.50 bits per heavy atom. The van der Waals surface area contributed by atoms with Gasteiger partial charge in [-0.1, -0.05) is 80.1 Å². The molecule has 2 aromatic carbocycles. The van der Waals surface area contributed by atoms with E-state index in [1.54, 1.807) is 6.20 Å². The number of anilines is 1. The Morgan fingerprint density at radius 1 is 1.10 bits per heavy atom. The number of benzene rings is 2. The van der Waals surface area contributed by atoms with Gasteiger partial charge in [-0.3, -0.25) is 0 Å². The van der Waals surface area contributed by atoms with Crippen molar-refractivity contribution in [1.29, 1.82) is 0 Å². The highest BCUT2D eigenvalue weighted by Gasteiger charge is 2.40. The molecule has 6 rings (SSSR count). The van der Waals surface area contributed by atoms with Crippen molar-refractivity contribution in [2.45, 2.75) is 45.3 Å². The zero-order chi connectivity index (χ0) is 28.1. The van der Waals surface area contributed by atoms with Gasteiger partial charge in [0.05, 0.1) is 11.1 Å². The van der Waals surface area contributed by atoms with E-state index < -0.39 is 23.0 Å². The first-order valence-corrected chi connectivity index (χ1v) is 14.3. The number of ether oxygens (including phenoxy) is 1. The first kappa shape index (κ1) is 26.5. The Bertz CT molecular complexity index is 1600. The van der Waals surface area contributed by atoms with E-state index in [1.807, 2.05) is 57.2 Å². The number of piperidine rings is 1. The van der Waals surface area contributed by atoms with E-state index in [-0.39, 0.29) is 0 Å². The summed E-state index contributed by atoms with van der Waals surface area (Å²) < 4.78 is 6.64. The molecule has 11 heteroatoms. The topological polar surface area (TPSA) is 106 Å². The van der Waals surface area contributed by atoms with Gasteiger partial charge in [0.15, 0.2) is 11.2 Å². The van der Waals surface area contributed by atoms with Crippen LogP contribution in [-0.2, 0) is 4.79 Å². The van der Waals surface area contributed by atoms with Crippen molar-refractivity contribution in [3.05, 3.63) is 77.0 Å². The van der Waals surface area contributed by atoms with Crippen molar-refractivity contribution in [2.75, 3.05) is 18.0 Å². The molecule has 2 aliphatic heterocycles. The molecule has 0 bridgehead atoms. The van der Waals surface area contributed by atoms with Crippen LogP contribution in [0.4, 0.5) is 5.13 Å². The second-order valence-electron chi connectivity index (χ2n) is 11.2. The molecule has 0 saturated carbocycles. The Hall–Kier alpha value is -3.76. The Balaban J connectivity index is 1.22. The molecule has 1 N–H and O–H groups in total. The normalized spacial score (nSPS) is 17.2. The molecule has 1 atom stereocenters. The number of para-hydroxylation sites is 1. The van der Waals surface area contributed by atoms with Gasteiger partial charge in [-0.05, 0) is 34.4 Å². The van der Waals surface area contributed by atoms with Crippen molar-refractivity contribution in [3.63, 3.8) is 0 Å². The van der Waals surface area contributed by atoms with Gasteiger partial charge in [0.25, 0.3) is 0 Å². The number of hydrogen-bond acceptors (Lipinski definition) is 8. The highest BCUT2D eigenvalue weighted by molar-refractivity contribution is 7.18. The molecule has 40 heavy (non-hydrogen) atoms. The second kappa shape index (κ2) is 10.0. The summed E-state index contributed by atoms with van der Waals surface area (Å²) in [6.07, 6.45) is 5.54. The molecule has 2 aromatic heterocycles. The van der Waals surface area contributed by atoms with Crippen LogP contribution >= 0.6 is 22.9 Å². The molecule has 1 saturated heterocycles. The average Bonchev–Trinajstić information content (AvgIpc) is 3.58. The maximum Gasteiger partial charge on any atom is 0.331 e. The molecule has 1 unspecified atom stereocenters. The van der Waals surface area contributed by atoms with Crippen molar-refractivity contribution in [1.82, 2.24) is 25.2 Å². The second-order valence-corrected chi connectivity index (χ2v) is 12.7. The molecule has 9 nitrogen and oxygen atoms in total. The summed E-state index contributed by atoms with van der Waals surface area (Å²) in [7, 11) is 0.